The topological polar surface area (TPSA) is 85.3 Å². The van der Waals surface area contributed by atoms with Crippen molar-refractivity contribution in [1.82, 2.24) is 4.90 Å². The number of likely N-dealkylation sites (tertiary alicyclic amines) is 1. The summed E-state index contributed by atoms with van der Waals surface area (Å²) in [4.78, 5) is 28.5. The molecular formula is C32H33NO6. The third-order valence-electron chi connectivity index (χ3n) is 6.95. The summed E-state index contributed by atoms with van der Waals surface area (Å²) in [6, 6.07) is 19.5. The Morgan fingerprint density at radius 3 is 2.54 bits per heavy atom. The molecule has 1 fully saturated rings. The van der Waals surface area contributed by atoms with E-state index in [-0.39, 0.29) is 24.0 Å². The minimum atomic E-state index is -0.812. The number of amides is 1. The SMILES string of the molecule is CCCOc1ccc([C@@H]2C(=C(O)c3ccc4c(c3)C[C@H](C)O4)C(=O)C(=O)N2Cc2ccccc2)cc1OCC. The molecule has 3 aromatic rings. The number of Topliss-reactive ketones (excluding diaryl/α,β-unsaturated/α-hetero) is 1. The number of carbonyl (C=O) groups excluding carboxylic acids is 2. The standard InChI is InChI=1S/C32H33NO6/c1-4-15-38-26-14-11-22(18-27(26)37-5-2)29-28(30(34)23-12-13-25-24(17-23)16-20(3)39-25)31(35)32(36)33(29)19-21-9-7-6-8-10-21/h6-14,17-18,20,29,34H,4-5,15-16,19H2,1-3H3/t20-,29+/m0/s1. The predicted octanol–water partition coefficient (Wildman–Crippen LogP) is 5.82. The van der Waals surface area contributed by atoms with Crippen molar-refractivity contribution >= 4 is 17.4 Å². The molecule has 0 aromatic heterocycles. The fourth-order valence-electron chi connectivity index (χ4n) is 5.19. The van der Waals surface area contributed by atoms with Gasteiger partial charge in [0.15, 0.2) is 11.5 Å². The molecule has 1 N–H and O–H groups in total. The summed E-state index contributed by atoms with van der Waals surface area (Å²) in [5.74, 6) is 0.299. The molecule has 2 heterocycles. The van der Waals surface area contributed by atoms with Gasteiger partial charge < -0.3 is 24.2 Å². The Hall–Kier alpha value is -4.26. The van der Waals surface area contributed by atoms with E-state index in [1.165, 1.54) is 4.90 Å². The van der Waals surface area contributed by atoms with Crippen LogP contribution in [-0.4, -0.2) is 41.0 Å². The molecule has 202 valence electrons. The molecule has 0 unspecified atom stereocenters. The van der Waals surface area contributed by atoms with Gasteiger partial charge in [-0.15, -0.1) is 0 Å². The van der Waals surface area contributed by atoms with Gasteiger partial charge in [-0.2, -0.15) is 0 Å². The zero-order chi connectivity index (χ0) is 27.5. The second-order valence-electron chi connectivity index (χ2n) is 9.86. The van der Waals surface area contributed by atoms with Crippen LogP contribution in [0.3, 0.4) is 0 Å². The number of fused-ring (bicyclic) bond motifs is 1. The molecule has 2 aliphatic heterocycles. The van der Waals surface area contributed by atoms with Crippen molar-refractivity contribution in [2.24, 2.45) is 0 Å². The van der Waals surface area contributed by atoms with Gasteiger partial charge in [0, 0.05) is 18.5 Å². The molecule has 1 saturated heterocycles. The number of hydrogen-bond donors (Lipinski definition) is 1. The lowest BCUT2D eigenvalue weighted by atomic mass is 9.94. The molecule has 0 spiro atoms. The largest absolute Gasteiger partial charge is 0.507 e. The molecule has 39 heavy (non-hydrogen) atoms. The van der Waals surface area contributed by atoms with Crippen LogP contribution in [0.1, 0.15) is 55.5 Å². The smallest absolute Gasteiger partial charge is 0.295 e. The Morgan fingerprint density at radius 2 is 1.79 bits per heavy atom. The van der Waals surface area contributed by atoms with Gasteiger partial charge in [0.05, 0.1) is 24.8 Å². The maximum absolute atomic E-state index is 13.5. The zero-order valence-electron chi connectivity index (χ0n) is 22.5. The first-order valence-electron chi connectivity index (χ1n) is 13.4. The van der Waals surface area contributed by atoms with Gasteiger partial charge in [0.25, 0.3) is 11.7 Å². The molecule has 0 bridgehead atoms. The summed E-state index contributed by atoms with van der Waals surface area (Å²) in [5, 5.41) is 11.5. The number of ether oxygens (including phenoxy) is 3. The first-order valence-corrected chi connectivity index (χ1v) is 13.4. The molecular weight excluding hydrogens is 494 g/mol. The summed E-state index contributed by atoms with van der Waals surface area (Å²) >= 11 is 0. The van der Waals surface area contributed by atoms with Gasteiger partial charge in [-0.1, -0.05) is 43.3 Å². The number of aliphatic hydroxyl groups is 1. The number of hydrogen-bond acceptors (Lipinski definition) is 6. The maximum Gasteiger partial charge on any atom is 0.295 e. The Bertz CT molecular complexity index is 1410. The molecule has 2 aliphatic rings. The van der Waals surface area contributed by atoms with Crippen LogP contribution in [0.25, 0.3) is 5.76 Å². The van der Waals surface area contributed by atoms with E-state index in [2.05, 4.69) is 0 Å². The average Bonchev–Trinajstić information content (AvgIpc) is 3.43. The highest BCUT2D eigenvalue weighted by molar-refractivity contribution is 6.46. The van der Waals surface area contributed by atoms with Crippen molar-refractivity contribution in [1.29, 1.82) is 0 Å². The van der Waals surface area contributed by atoms with Gasteiger partial charge in [-0.3, -0.25) is 9.59 Å². The highest BCUT2D eigenvalue weighted by Crippen LogP contribution is 2.43. The molecule has 3 aromatic carbocycles. The van der Waals surface area contributed by atoms with Crippen molar-refractivity contribution < 1.29 is 28.9 Å². The van der Waals surface area contributed by atoms with E-state index in [4.69, 9.17) is 14.2 Å². The Balaban J connectivity index is 1.63. The van der Waals surface area contributed by atoms with Gasteiger partial charge >= 0.3 is 0 Å². The summed E-state index contributed by atoms with van der Waals surface area (Å²) in [6.45, 7) is 7.06. The average molecular weight is 528 g/mol. The van der Waals surface area contributed by atoms with Gasteiger partial charge in [0.2, 0.25) is 0 Å². The first kappa shape index (κ1) is 26.4. The van der Waals surface area contributed by atoms with Crippen molar-refractivity contribution in [2.45, 2.75) is 52.3 Å². The van der Waals surface area contributed by atoms with Crippen molar-refractivity contribution in [2.75, 3.05) is 13.2 Å². The van der Waals surface area contributed by atoms with Crippen LogP contribution < -0.4 is 14.2 Å². The van der Waals surface area contributed by atoms with Gasteiger partial charge in [-0.25, -0.2) is 0 Å². The first-order chi connectivity index (χ1) is 18.9. The molecule has 0 radical (unpaired) electrons. The second-order valence-corrected chi connectivity index (χ2v) is 9.86. The van der Waals surface area contributed by atoms with Crippen LogP contribution in [0, 0.1) is 0 Å². The molecule has 0 saturated carbocycles. The Kier molecular flexibility index (Phi) is 7.59. The van der Waals surface area contributed by atoms with Crippen LogP contribution in [0.15, 0.2) is 72.3 Å². The normalized spacial score (nSPS) is 19.6. The highest BCUT2D eigenvalue weighted by atomic mass is 16.5. The maximum atomic E-state index is 13.5. The number of rotatable bonds is 9. The van der Waals surface area contributed by atoms with Crippen molar-refractivity contribution in [3.63, 3.8) is 0 Å². The second kappa shape index (κ2) is 11.2. The molecule has 7 heteroatoms. The molecule has 0 aliphatic carbocycles. The highest BCUT2D eigenvalue weighted by Gasteiger charge is 2.46. The summed E-state index contributed by atoms with van der Waals surface area (Å²) in [5.41, 5.74) is 3.00. The molecule has 5 rings (SSSR count). The zero-order valence-corrected chi connectivity index (χ0v) is 22.5. The van der Waals surface area contributed by atoms with E-state index in [0.717, 1.165) is 23.3 Å². The van der Waals surface area contributed by atoms with Crippen LogP contribution >= 0.6 is 0 Å². The fraction of sp³-hybridized carbons (Fsp3) is 0.312. The van der Waals surface area contributed by atoms with E-state index >= 15 is 0 Å². The molecule has 1 amide bonds. The monoisotopic (exact) mass is 527 g/mol. The molecule has 7 nitrogen and oxygen atoms in total. The van der Waals surface area contributed by atoms with Crippen molar-refractivity contribution in [3.05, 3.63) is 94.6 Å². The number of benzene rings is 3. The van der Waals surface area contributed by atoms with Gasteiger partial charge in [-0.05, 0) is 67.3 Å². The lowest BCUT2D eigenvalue weighted by Crippen LogP contribution is -2.29. The number of nitrogens with zero attached hydrogens (tertiary/aromatic N) is 1. The van der Waals surface area contributed by atoms with Crippen LogP contribution in [0.2, 0.25) is 0 Å². The van der Waals surface area contributed by atoms with Crippen molar-refractivity contribution in [3.8, 4) is 17.2 Å². The lowest BCUT2D eigenvalue weighted by Gasteiger charge is -2.26. The quantitative estimate of drug-likeness (QED) is 0.214. The molecule has 2 atom stereocenters. The number of carbonyl (C=O) groups is 2. The Labute approximate surface area is 228 Å². The fourth-order valence-corrected chi connectivity index (χ4v) is 5.19. The lowest BCUT2D eigenvalue weighted by molar-refractivity contribution is -0.140. The van der Waals surface area contributed by atoms with E-state index < -0.39 is 17.7 Å². The summed E-state index contributed by atoms with van der Waals surface area (Å²) < 4.78 is 17.5. The predicted molar refractivity (Wildman–Crippen MR) is 148 cm³/mol. The van der Waals surface area contributed by atoms with Crippen LogP contribution in [0.4, 0.5) is 0 Å². The summed E-state index contributed by atoms with van der Waals surface area (Å²) in [6.07, 6.45) is 1.59. The van der Waals surface area contributed by atoms with Gasteiger partial charge in [0.1, 0.15) is 17.6 Å². The van der Waals surface area contributed by atoms with E-state index in [9.17, 15) is 14.7 Å². The third-order valence-corrected chi connectivity index (χ3v) is 6.95. The number of aliphatic hydroxyl groups excluding tert-OH is 1. The minimum absolute atomic E-state index is 0.0410. The van der Waals surface area contributed by atoms with Crippen LogP contribution in [-0.2, 0) is 22.6 Å². The summed E-state index contributed by atoms with van der Waals surface area (Å²) in [7, 11) is 0. The minimum Gasteiger partial charge on any atom is -0.507 e. The van der Waals surface area contributed by atoms with E-state index in [1.54, 1.807) is 24.3 Å². The number of ketones is 1. The van der Waals surface area contributed by atoms with E-state index in [0.29, 0.717) is 42.3 Å². The Morgan fingerprint density at radius 1 is 1.00 bits per heavy atom. The van der Waals surface area contributed by atoms with Crippen LogP contribution in [0.5, 0.6) is 17.2 Å². The van der Waals surface area contributed by atoms with E-state index in [1.807, 2.05) is 63.2 Å². The third kappa shape index (κ3) is 5.21.